The minimum Gasteiger partial charge on any atom is -0.497 e. The zero-order chi connectivity index (χ0) is 44.7. The number of ether oxygens (including phenoxy) is 4. The van der Waals surface area contributed by atoms with Crippen LogP contribution >= 0.6 is 22.7 Å². The number of benzene rings is 4. The number of sulfonamides is 2. The van der Waals surface area contributed by atoms with Gasteiger partial charge in [-0.1, -0.05) is 61.0 Å². The highest BCUT2D eigenvalue weighted by Crippen LogP contribution is 2.35. The molecule has 0 N–H and O–H groups in total. The van der Waals surface area contributed by atoms with E-state index in [0.717, 1.165) is 39.2 Å². The van der Waals surface area contributed by atoms with Crippen molar-refractivity contribution in [2.45, 2.75) is 30.1 Å². The van der Waals surface area contributed by atoms with Gasteiger partial charge in [-0.05, 0) is 43.2 Å². The normalized spacial score (nSPS) is 15.1. The standard InChI is InChI=1S/C23H27N3O4S2.C22H25N3O4S2/c1-4-17-5-7-18(8-6-17)20-16-31-23(24-20)25-11-13-26(14-12-25)32(27,28)22-10-9-19(29-2)15-21(22)30-3;1-16-4-6-17(7-5-16)19-15-30-22(23-19)24-10-12-25(13-11-24)31(26,27)21-9-8-18(28-2)14-20(21)29-3/h5-10,15-16H,4,11-14H2,1-3H3;4-9,14-15H,10-13H2,1-3H3. The van der Waals surface area contributed by atoms with Gasteiger partial charge in [0.25, 0.3) is 0 Å². The first-order valence-corrected chi connectivity index (χ1v) is 25.0. The molecule has 0 radical (unpaired) electrons. The lowest BCUT2D eigenvalue weighted by Crippen LogP contribution is -2.48. The number of methoxy groups -OCH3 is 4. The first-order chi connectivity index (χ1) is 30.4. The van der Waals surface area contributed by atoms with Crippen LogP contribution in [0.4, 0.5) is 10.3 Å². The Morgan fingerprint density at radius 1 is 0.540 bits per heavy atom. The molecule has 0 saturated carbocycles. The highest BCUT2D eigenvalue weighted by Gasteiger charge is 2.33. The van der Waals surface area contributed by atoms with Crippen LogP contribution in [0.2, 0.25) is 0 Å². The summed E-state index contributed by atoms with van der Waals surface area (Å²) in [6, 6.07) is 26.3. The molecule has 0 unspecified atom stereocenters. The van der Waals surface area contributed by atoms with E-state index in [2.05, 4.69) is 77.6 Å². The van der Waals surface area contributed by atoms with E-state index in [9.17, 15) is 16.8 Å². The molecule has 14 nitrogen and oxygen atoms in total. The van der Waals surface area contributed by atoms with Crippen molar-refractivity contribution in [3.8, 4) is 45.5 Å². The molecule has 0 amide bonds. The molecular weight excluding hydrogens is 881 g/mol. The van der Waals surface area contributed by atoms with E-state index >= 15 is 0 Å². The predicted octanol–water partition coefficient (Wildman–Crippen LogP) is 7.55. The summed E-state index contributed by atoms with van der Waals surface area (Å²) >= 11 is 3.17. The maximum absolute atomic E-state index is 13.2. The third-order valence-corrected chi connectivity index (χ3v) is 16.7. The van der Waals surface area contributed by atoms with Gasteiger partial charge < -0.3 is 28.7 Å². The van der Waals surface area contributed by atoms with Crippen molar-refractivity contribution in [1.82, 2.24) is 18.6 Å². The molecule has 0 bridgehead atoms. The van der Waals surface area contributed by atoms with Crippen molar-refractivity contribution in [2.24, 2.45) is 0 Å². The fourth-order valence-electron chi connectivity index (χ4n) is 7.21. The van der Waals surface area contributed by atoms with Gasteiger partial charge in [0.2, 0.25) is 20.0 Å². The van der Waals surface area contributed by atoms with Crippen molar-refractivity contribution in [2.75, 3.05) is 90.6 Å². The average molecular weight is 933 g/mol. The molecule has 2 aromatic heterocycles. The largest absolute Gasteiger partial charge is 0.497 e. The Morgan fingerprint density at radius 2 is 0.937 bits per heavy atom. The molecule has 8 rings (SSSR count). The third kappa shape index (κ3) is 10.3. The van der Waals surface area contributed by atoms with Gasteiger partial charge in [-0.15, -0.1) is 22.7 Å². The van der Waals surface area contributed by atoms with Gasteiger partial charge in [0.1, 0.15) is 32.8 Å². The van der Waals surface area contributed by atoms with Crippen LogP contribution < -0.4 is 28.7 Å². The van der Waals surface area contributed by atoms with E-state index in [1.54, 1.807) is 46.9 Å². The van der Waals surface area contributed by atoms with E-state index in [0.29, 0.717) is 63.9 Å². The van der Waals surface area contributed by atoms with Gasteiger partial charge in [-0.3, -0.25) is 0 Å². The van der Waals surface area contributed by atoms with Crippen LogP contribution in [0.15, 0.2) is 105 Å². The Bertz CT molecular complexity index is 2690. The quantitative estimate of drug-likeness (QED) is 0.113. The molecule has 0 atom stereocenters. The SMILES string of the molecule is CCc1ccc(-c2csc(N3CCN(S(=O)(=O)c4ccc(OC)cc4OC)CC3)n2)cc1.COc1ccc(S(=O)(=O)N2CCN(c3nc(-c4ccc(C)cc4)cs3)CC2)c(OC)c1. The second-order valence-electron chi connectivity index (χ2n) is 14.8. The molecule has 2 fully saturated rings. The second kappa shape index (κ2) is 20.1. The summed E-state index contributed by atoms with van der Waals surface area (Å²) in [5.74, 6) is 1.66. The van der Waals surface area contributed by atoms with Crippen molar-refractivity contribution in [1.29, 1.82) is 0 Å². The number of aryl methyl sites for hydroxylation is 2. The minimum absolute atomic E-state index is 0.153. The minimum atomic E-state index is -3.67. The van der Waals surface area contributed by atoms with Crippen molar-refractivity contribution >= 4 is 53.0 Å². The molecule has 63 heavy (non-hydrogen) atoms. The summed E-state index contributed by atoms with van der Waals surface area (Å²) in [6.45, 7) is 8.07. The van der Waals surface area contributed by atoms with Gasteiger partial charge in [-0.25, -0.2) is 26.8 Å². The van der Waals surface area contributed by atoms with Crippen LogP contribution in [0, 0.1) is 6.92 Å². The van der Waals surface area contributed by atoms with Gasteiger partial charge >= 0.3 is 0 Å². The first-order valence-electron chi connectivity index (χ1n) is 20.4. The summed E-state index contributed by atoms with van der Waals surface area (Å²) in [5, 5.41) is 5.93. The highest BCUT2D eigenvalue weighted by molar-refractivity contribution is 7.89. The highest BCUT2D eigenvalue weighted by atomic mass is 32.2. The molecule has 0 aliphatic carbocycles. The Balaban J connectivity index is 0.000000189. The summed E-state index contributed by atoms with van der Waals surface area (Å²) in [7, 11) is -1.35. The number of piperazine rings is 2. The van der Waals surface area contributed by atoms with Crippen molar-refractivity contribution < 1.29 is 35.8 Å². The third-order valence-electron chi connectivity index (χ3n) is 11.0. The second-order valence-corrected chi connectivity index (χ2v) is 20.2. The molecule has 4 aromatic carbocycles. The van der Waals surface area contributed by atoms with Crippen LogP contribution in [0.1, 0.15) is 18.1 Å². The van der Waals surface area contributed by atoms with E-state index < -0.39 is 20.0 Å². The van der Waals surface area contributed by atoms with Gasteiger partial charge in [0.05, 0.1) is 39.8 Å². The maximum Gasteiger partial charge on any atom is 0.246 e. The molecular formula is C45H52N6O8S4. The first kappa shape index (κ1) is 45.8. The fraction of sp³-hybridized carbons (Fsp3) is 0.333. The lowest BCUT2D eigenvalue weighted by molar-refractivity contribution is 0.369. The molecule has 2 aliphatic rings. The average Bonchev–Trinajstić information content (AvgIpc) is 4.03. The number of anilines is 2. The smallest absolute Gasteiger partial charge is 0.246 e. The number of aromatic nitrogens is 2. The zero-order valence-electron chi connectivity index (χ0n) is 36.2. The van der Waals surface area contributed by atoms with Gasteiger partial charge in [-0.2, -0.15) is 8.61 Å². The lowest BCUT2D eigenvalue weighted by Gasteiger charge is -2.34. The number of nitrogens with zero attached hydrogens (tertiary/aromatic N) is 6. The predicted molar refractivity (Wildman–Crippen MR) is 250 cm³/mol. The molecule has 2 saturated heterocycles. The monoisotopic (exact) mass is 932 g/mol. The number of rotatable bonds is 13. The summed E-state index contributed by atoms with van der Waals surface area (Å²) in [4.78, 5) is 14.2. The summed E-state index contributed by atoms with van der Waals surface area (Å²) < 4.78 is 76.8. The van der Waals surface area contributed by atoms with Crippen molar-refractivity contribution in [3.05, 3.63) is 107 Å². The Labute approximate surface area is 378 Å². The van der Waals surface area contributed by atoms with Crippen LogP contribution in [-0.2, 0) is 26.5 Å². The van der Waals surface area contributed by atoms with Crippen molar-refractivity contribution in [3.63, 3.8) is 0 Å². The molecule has 6 aromatic rings. The molecule has 0 spiro atoms. The van der Waals surface area contributed by atoms with E-state index in [1.807, 2.05) is 5.38 Å². The van der Waals surface area contributed by atoms with Crippen LogP contribution in [0.3, 0.4) is 0 Å². The zero-order valence-corrected chi connectivity index (χ0v) is 39.4. The van der Waals surface area contributed by atoms with E-state index in [1.165, 1.54) is 60.3 Å². The number of thiazole rings is 2. The number of hydrogen-bond donors (Lipinski definition) is 0. The molecule has 4 heterocycles. The Morgan fingerprint density at radius 3 is 1.30 bits per heavy atom. The molecule has 18 heteroatoms. The van der Waals surface area contributed by atoms with Gasteiger partial charge in [0.15, 0.2) is 10.3 Å². The van der Waals surface area contributed by atoms with E-state index in [-0.39, 0.29) is 21.3 Å². The van der Waals surface area contributed by atoms with Crippen LogP contribution in [-0.4, -0.2) is 116 Å². The Kier molecular flexibility index (Phi) is 14.6. The summed E-state index contributed by atoms with van der Waals surface area (Å²) in [5.41, 5.74) is 6.59. The molecule has 2 aliphatic heterocycles. The maximum atomic E-state index is 13.2. The molecule has 334 valence electrons. The van der Waals surface area contributed by atoms with Gasteiger partial charge in [0, 0.05) is 86.4 Å². The topological polar surface area (TPSA) is 144 Å². The fourth-order valence-corrected chi connectivity index (χ4v) is 12.1. The summed E-state index contributed by atoms with van der Waals surface area (Å²) in [6.07, 6.45) is 1.01. The van der Waals surface area contributed by atoms with E-state index in [4.69, 9.17) is 28.9 Å². The Hall–Kier alpha value is -5.24. The van der Waals surface area contributed by atoms with Crippen LogP contribution in [0.5, 0.6) is 23.0 Å². The van der Waals surface area contributed by atoms with Crippen LogP contribution in [0.25, 0.3) is 22.5 Å². The number of hydrogen-bond acceptors (Lipinski definition) is 14. The lowest BCUT2D eigenvalue weighted by atomic mass is 10.1.